The van der Waals surface area contributed by atoms with Gasteiger partial charge in [0, 0.05) is 5.56 Å². The van der Waals surface area contributed by atoms with Gasteiger partial charge in [-0.2, -0.15) is 0 Å². The number of nitrogens with one attached hydrogen (secondary N) is 1. The Labute approximate surface area is 101 Å². The highest BCUT2D eigenvalue weighted by Crippen LogP contribution is 2.27. The van der Waals surface area contributed by atoms with Crippen LogP contribution in [0.1, 0.15) is 17.3 Å². The van der Waals surface area contributed by atoms with Gasteiger partial charge in [-0.25, -0.2) is 0 Å². The monoisotopic (exact) mass is 233 g/mol. The van der Waals surface area contributed by atoms with E-state index in [-0.39, 0.29) is 12.5 Å². The van der Waals surface area contributed by atoms with Gasteiger partial charge in [0.1, 0.15) is 0 Å². The molecule has 1 rings (SSSR count). The molecule has 0 atom stereocenters. The molecule has 0 radical (unpaired) electrons. The van der Waals surface area contributed by atoms with Crippen LogP contribution in [0.4, 0.5) is 0 Å². The summed E-state index contributed by atoms with van der Waals surface area (Å²) in [6.45, 7) is 2.63. The molecule has 4 nitrogen and oxygen atoms in total. The van der Waals surface area contributed by atoms with Gasteiger partial charge < -0.3 is 14.8 Å². The minimum atomic E-state index is -0.232. The normalized spacial score (nSPS) is 9.24. The van der Waals surface area contributed by atoms with Crippen LogP contribution in [0.3, 0.4) is 0 Å². The smallest absolute Gasteiger partial charge is 0.252 e. The topological polar surface area (TPSA) is 47.6 Å². The van der Waals surface area contributed by atoms with Crippen LogP contribution in [0.25, 0.3) is 0 Å². The molecule has 0 bridgehead atoms. The first kappa shape index (κ1) is 12.9. The Morgan fingerprint density at radius 3 is 2.82 bits per heavy atom. The molecular formula is C13H15NO3. The zero-order valence-corrected chi connectivity index (χ0v) is 9.95. The zero-order valence-electron chi connectivity index (χ0n) is 9.95. The van der Waals surface area contributed by atoms with E-state index in [1.165, 1.54) is 7.11 Å². The minimum absolute atomic E-state index is 0.203. The minimum Gasteiger partial charge on any atom is -0.493 e. The third kappa shape index (κ3) is 3.42. The van der Waals surface area contributed by atoms with Gasteiger partial charge in [0.05, 0.1) is 20.3 Å². The Balaban J connectivity index is 2.89. The number of terminal acetylenes is 1. The summed E-state index contributed by atoms with van der Waals surface area (Å²) >= 11 is 0. The van der Waals surface area contributed by atoms with Crippen molar-refractivity contribution < 1.29 is 14.3 Å². The van der Waals surface area contributed by atoms with Gasteiger partial charge in [0.2, 0.25) is 0 Å². The van der Waals surface area contributed by atoms with Crippen molar-refractivity contribution >= 4 is 5.91 Å². The lowest BCUT2D eigenvalue weighted by atomic mass is 10.2. The molecule has 0 fully saturated rings. The Morgan fingerprint density at radius 2 is 2.24 bits per heavy atom. The van der Waals surface area contributed by atoms with Crippen LogP contribution in [0.2, 0.25) is 0 Å². The molecule has 0 spiro atoms. The standard InChI is InChI=1S/C13H15NO3/c1-4-8-14-13(15)10-6-7-11(17-5-2)12(9-10)16-3/h1,6-7,9H,5,8H2,2-3H3,(H,14,15). The first-order chi connectivity index (χ1) is 8.22. The Kier molecular flexibility index (Phi) is 4.89. The molecular weight excluding hydrogens is 218 g/mol. The fraction of sp³-hybridized carbons (Fsp3) is 0.308. The van der Waals surface area contributed by atoms with E-state index in [9.17, 15) is 4.79 Å². The maximum Gasteiger partial charge on any atom is 0.252 e. The van der Waals surface area contributed by atoms with Crippen LogP contribution in [-0.2, 0) is 0 Å². The predicted molar refractivity (Wildman–Crippen MR) is 65.3 cm³/mol. The average Bonchev–Trinajstić information content (AvgIpc) is 2.36. The number of rotatable bonds is 5. The highest BCUT2D eigenvalue weighted by Gasteiger charge is 2.10. The summed E-state index contributed by atoms with van der Waals surface area (Å²) < 4.78 is 10.5. The lowest BCUT2D eigenvalue weighted by Gasteiger charge is -2.10. The SMILES string of the molecule is C#CCNC(=O)c1ccc(OCC)c(OC)c1. The number of benzene rings is 1. The molecule has 0 saturated heterocycles. The summed E-state index contributed by atoms with van der Waals surface area (Å²) in [5.74, 6) is 3.25. The number of carbonyl (C=O) groups excluding carboxylic acids is 1. The molecule has 17 heavy (non-hydrogen) atoms. The van der Waals surface area contributed by atoms with E-state index in [0.717, 1.165) is 0 Å². The van der Waals surface area contributed by atoms with E-state index < -0.39 is 0 Å². The number of hydrogen-bond donors (Lipinski definition) is 1. The highest BCUT2D eigenvalue weighted by atomic mass is 16.5. The van der Waals surface area contributed by atoms with Crippen molar-refractivity contribution in [3.63, 3.8) is 0 Å². The average molecular weight is 233 g/mol. The fourth-order valence-corrected chi connectivity index (χ4v) is 1.32. The second kappa shape index (κ2) is 6.44. The summed E-state index contributed by atoms with van der Waals surface area (Å²) in [5, 5.41) is 2.58. The van der Waals surface area contributed by atoms with Gasteiger partial charge in [-0.15, -0.1) is 6.42 Å². The first-order valence-corrected chi connectivity index (χ1v) is 5.25. The van der Waals surface area contributed by atoms with E-state index >= 15 is 0 Å². The van der Waals surface area contributed by atoms with Crippen LogP contribution in [0.5, 0.6) is 11.5 Å². The molecule has 0 aliphatic rings. The van der Waals surface area contributed by atoms with E-state index in [1.54, 1.807) is 18.2 Å². The Bertz CT molecular complexity index is 435. The van der Waals surface area contributed by atoms with Crippen LogP contribution in [0, 0.1) is 12.3 Å². The number of ether oxygens (including phenoxy) is 2. The van der Waals surface area contributed by atoms with Crippen LogP contribution >= 0.6 is 0 Å². The second-order valence-corrected chi connectivity index (χ2v) is 3.19. The van der Waals surface area contributed by atoms with Crippen molar-refractivity contribution in [2.75, 3.05) is 20.3 Å². The largest absolute Gasteiger partial charge is 0.493 e. The third-order valence-electron chi connectivity index (χ3n) is 2.08. The van der Waals surface area contributed by atoms with Gasteiger partial charge in [0.25, 0.3) is 5.91 Å². The summed E-state index contributed by atoms with van der Waals surface area (Å²) in [6, 6.07) is 4.99. The maximum atomic E-state index is 11.6. The van der Waals surface area contributed by atoms with Crippen LogP contribution < -0.4 is 14.8 Å². The number of carbonyl (C=O) groups is 1. The molecule has 4 heteroatoms. The van der Waals surface area contributed by atoms with E-state index in [0.29, 0.717) is 23.7 Å². The van der Waals surface area contributed by atoms with Gasteiger partial charge >= 0.3 is 0 Å². The van der Waals surface area contributed by atoms with E-state index in [1.807, 2.05) is 6.92 Å². The van der Waals surface area contributed by atoms with Crippen molar-refractivity contribution in [2.24, 2.45) is 0 Å². The maximum absolute atomic E-state index is 11.6. The van der Waals surface area contributed by atoms with E-state index in [2.05, 4.69) is 11.2 Å². The Morgan fingerprint density at radius 1 is 1.47 bits per heavy atom. The zero-order chi connectivity index (χ0) is 12.7. The van der Waals surface area contributed by atoms with Crippen molar-refractivity contribution in [3.8, 4) is 23.8 Å². The van der Waals surface area contributed by atoms with E-state index in [4.69, 9.17) is 15.9 Å². The molecule has 1 N–H and O–H groups in total. The van der Waals surface area contributed by atoms with Gasteiger partial charge in [0.15, 0.2) is 11.5 Å². The Hall–Kier alpha value is -2.15. The molecule has 0 unspecified atom stereocenters. The summed E-state index contributed by atoms with van der Waals surface area (Å²) in [4.78, 5) is 11.6. The van der Waals surface area contributed by atoms with Crippen LogP contribution in [0.15, 0.2) is 18.2 Å². The van der Waals surface area contributed by atoms with Crippen LogP contribution in [-0.4, -0.2) is 26.2 Å². The molecule has 0 aliphatic carbocycles. The van der Waals surface area contributed by atoms with Crippen molar-refractivity contribution in [2.45, 2.75) is 6.92 Å². The summed E-state index contributed by atoms with van der Waals surface area (Å²) in [6.07, 6.45) is 5.07. The van der Waals surface area contributed by atoms with Gasteiger partial charge in [-0.05, 0) is 25.1 Å². The number of amides is 1. The quantitative estimate of drug-likeness (QED) is 0.783. The lowest BCUT2D eigenvalue weighted by Crippen LogP contribution is -2.23. The first-order valence-electron chi connectivity index (χ1n) is 5.25. The van der Waals surface area contributed by atoms with Crippen molar-refractivity contribution in [1.82, 2.24) is 5.32 Å². The molecule has 0 saturated carbocycles. The second-order valence-electron chi connectivity index (χ2n) is 3.19. The molecule has 0 aromatic heterocycles. The summed E-state index contributed by atoms with van der Waals surface area (Å²) in [7, 11) is 1.53. The summed E-state index contributed by atoms with van der Waals surface area (Å²) in [5.41, 5.74) is 0.487. The molecule has 1 amide bonds. The molecule has 1 aromatic rings. The number of methoxy groups -OCH3 is 1. The van der Waals surface area contributed by atoms with Gasteiger partial charge in [-0.3, -0.25) is 4.79 Å². The molecule has 90 valence electrons. The third-order valence-corrected chi connectivity index (χ3v) is 2.08. The highest BCUT2D eigenvalue weighted by molar-refractivity contribution is 5.95. The van der Waals surface area contributed by atoms with Crippen molar-refractivity contribution in [1.29, 1.82) is 0 Å². The molecule has 0 heterocycles. The number of hydrogen-bond acceptors (Lipinski definition) is 3. The molecule has 1 aromatic carbocycles. The fourth-order valence-electron chi connectivity index (χ4n) is 1.32. The predicted octanol–water partition coefficient (Wildman–Crippen LogP) is 1.46. The molecule has 0 aliphatic heterocycles. The lowest BCUT2D eigenvalue weighted by molar-refractivity contribution is 0.0958. The van der Waals surface area contributed by atoms with Gasteiger partial charge in [-0.1, -0.05) is 5.92 Å². The van der Waals surface area contributed by atoms with Crippen molar-refractivity contribution in [3.05, 3.63) is 23.8 Å².